The van der Waals surface area contributed by atoms with Crippen LogP contribution in [-0.2, 0) is 4.79 Å². The van der Waals surface area contributed by atoms with Gasteiger partial charge in [-0.1, -0.05) is 13.8 Å². The maximum Gasteiger partial charge on any atom is 0.230 e. The van der Waals surface area contributed by atoms with Crippen LogP contribution in [0.25, 0.3) is 0 Å². The summed E-state index contributed by atoms with van der Waals surface area (Å²) in [6.45, 7) is 6.47. The van der Waals surface area contributed by atoms with Gasteiger partial charge in [0.2, 0.25) is 5.91 Å². The third-order valence-electron chi connectivity index (χ3n) is 4.41. The average Bonchev–Trinajstić information content (AvgIpc) is 2.79. The minimum atomic E-state index is -0.338. The van der Waals surface area contributed by atoms with Crippen LogP contribution in [0.15, 0.2) is 0 Å². The van der Waals surface area contributed by atoms with Crippen molar-refractivity contribution in [3.63, 3.8) is 0 Å². The minimum absolute atomic E-state index is 0.277. The highest BCUT2D eigenvalue weighted by molar-refractivity contribution is 5.83. The van der Waals surface area contributed by atoms with Crippen LogP contribution in [0.4, 0.5) is 0 Å². The van der Waals surface area contributed by atoms with Crippen LogP contribution in [-0.4, -0.2) is 55.5 Å². The zero-order chi connectivity index (χ0) is 13.8. The lowest BCUT2D eigenvalue weighted by molar-refractivity contribution is -0.143. The Morgan fingerprint density at radius 2 is 2.00 bits per heavy atom. The first kappa shape index (κ1) is 15.4. The van der Waals surface area contributed by atoms with Gasteiger partial charge >= 0.3 is 0 Å². The Labute approximate surface area is 111 Å². The molecule has 1 aliphatic heterocycles. The summed E-state index contributed by atoms with van der Waals surface area (Å²) in [5.41, 5.74) is 5.55. The normalized spacial score (nSPS) is 20.8. The molecule has 1 heterocycles. The van der Waals surface area contributed by atoms with Crippen molar-refractivity contribution in [2.45, 2.75) is 45.6 Å². The minimum Gasteiger partial charge on any atom is -0.338 e. The molecule has 1 atom stereocenters. The molecule has 0 radical (unpaired) electrons. The Morgan fingerprint density at radius 3 is 2.44 bits per heavy atom. The Kier molecular flexibility index (Phi) is 5.60. The predicted molar refractivity (Wildman–Crippen MR) is 75.4 cm³/mol. The van der Waals surface area contributed by atoms with Gasteiger partial charge in [0.05, 0.1) is 5.41 Å². The van der Waals surface area contributed by atoms with Gasteiger partial charge in [-0.3, -0.25) is 4.79 Å². The number of likely N-dealkylation sites (N-methyl/N-ethyl adjacent to an activating group) is 1. The second-order valence-electron chi connectivity index (χ2n) is 5.75. The van der Waals surface area contributed by atoms with Gasteiger partial charge in [-0.2, -0.15) is 0 Å². The lowest BCUT2D eigenvalue weighted by atomic mass is 9.80. The zero-order valence-electron chi connectivity index (χ0n) is 12.4. The van der Waals surface area contributed by atoms with Crippen LogP contribution < -0.4 is 5.73 Å². The van der Waals surface area contributed by atoms with Crippen LogP contribution in [0.3, 0.4) is 0 Å². The van der Waals surface area contributed by atoms with Crippen molar-refractivity contribution in [1.29, 1.82) is 0 Å². The highest BCUT2D eigenvalue weighted by Gasteiger charge is 2.40. The summed E-state index contributed by atoms with van der Waals surface area (Å²) in [6.07, 6.45) is 3.92. The number of amides is 1. The smallest absolute Gasteiger partial charge is 0.230 e. The summed E-state index contributed by atoms with van der Waals surface area (Å²) in [6, 6.07) is 0.372. The van der Waals surface area contributed by atoms with E-state index in [4.69, 9.17) is 5.73 Å². The number of hydrogen-bond donors (Lipinski definition) is 1. The van der Waals surface area contributed by atoms with Gasteiger partial charge in [0.1, 0.15) is 0 Å². The Bertz CT molecular complexity index is 266. The molecule has 0 aromatic rings. The van der Waals surface area contributed by atoms with E-state index < -0.39 is 0 Å². The predicted octanol–water partition coefficient (Wildman–Crippen LogP) is 1.30. The Morgan fingerprint density at radius 1 is 1.39 bits per heavy atom. The SMILES string of the molecule is CCC(CC)(CN)C(=O)N1CCCC1CN(C)C. The zero-order valence-corrected chi connectivity index (χ0v) is 12.4. The molecular formula is C14H29N3O. The van der Waals surface area contributed by atoms with Crippen LogP contribution in [0.1, 0.15) is 39.5 Å². The third-order valence-corrected chi connectivity index (χ3v) is 4.41. The molecule has 0 aromatic heterocycles. The number of nitrogens with two attached hydrogens (primary N) is 1. The summed E-state index contributed by atoms with van der Waals surface area (Å²) in [5.74, 6) is 0.277. The van der Waals surface area contributed by atoms with Gasteiger partial charge in [-0.05, 0) is 39.8 Å². The molecule has 106 valence electrons. The molecule has 2 N–H and O–H groups in total. The summed E-state index contributed by atoms with van der Waals surface area (Å²) in [5, 5.41) is 0. The van der Waals surface area contributed by atoms with Gasteiger partial charge in [-0.15, -0.1) is 0 Å². The molecule has 1 fully saturated rings. The first-order valence-electron chi connectivity index (χ1n) is 7.16. The van der Waals surface area contributed by atoms with Crippen LogP contribution in [0, 0.1) is 5.41 Å². The highest BCUT2D eigenvalue weighted by atomic mass is 16.2. The van der Waals surface area contributed by atoms with Crippen molar-refractivity contribution in [2.75, 3.05) is 33.7 Å². The third kappa shape index (κ3) is 3.04. The molecule has 1 rings (SSSR count). The van der Waals surface area contributed by atoms with E-state index in [1.807, 2.05) is 0 Å². The second-order valence-corrected chi connectivity index (χ2v) is 5.75. The molecule has 0 spiro atoms. The first-order chi connectivity index (χ1) is 8.50. The molecule has 0 saturated carbocycles. The summed E-state index contributed by atoms with van der Waals surface area (Å²) >= 11 is 0. The fourth-order valence-corrected chi connectivity index (χ4v) is 2.95. The summed E-state index contributed by atoms with van der Waals surface area (Å²) in [4.78, 5) is 17.0. The number of rotatable bonds is 6. The molecule has 0 aromatic carbocycles. The fourth-order valence-electron chi connectivity index (χ4n) is 2.95. The maximum absolute atomic E-state index is 12.8. The molecule has 1 aliphatic rings. The number of carbonyl (C=O) groups excluding carboxylic acids is 1. The standard InChI is InChI=1S/C14H29N3O/c1-5-14(6-2,11-15)13(18)17-9-7-8-12(17)10-16(3)4/h12H,5-11,15H2,1-4H3. The fraction of sp³-hybridized carbons (Fsp3) is 0.929. The molecule has 0 aliphatic carbocycles. The first-order valence-corrected chi connectivity index (χ1v) is 7.16. The van der Waals surface area contributed by atoms with E-state index >= 15 is 0 Å². The quantitative estimate of drug-likeness (QED) is 0.778. The monoisotopic (exact) mass is 255 g/mol. The molecule has 4 heteroatoms. The average molecular weight is 255 g/mol. The van der Waals surface area contributed by atoms with Crippen LogP contribution in [0.5, 0.6) is 0 Å². The number of nitrogens with zero attached hydrogens (tertiary/aromatic N) is 2. The van der Waals surface area contributed by atoms with Crippen molar-refractivity contribution in [3.05, 3.63) is 0 Å². The number of likely N-dealkylation sites (tertiary alicyclic amines) is 1. The van der Waals surface area contributed by atoms with Gasteiger partial charge in [0.25, 0.3) is 0 Å². The largest absolute Gasteiger partial charge is 0.338 e. The van der Waals surface area contributed by atoms with E-state index in [0.717, 1.165) is 38.8 Å². The van der Waals surface area contributed by atoms with E-state index in [1.54, 1.807) is 0 Å². The van der Waals surface area contributed by atoms with Crippen molar-refractivity contribution >= 4 is 5.91 Å². The topological polar surface area (TPSA) is 49.6 Å². The van der Waals surface area contributed by atoms with E-state index in [2.05, 4.69) is 37.7 Å². The molecule has 1 unspecified atom stereocenters. The van der Waals surface area contributed by atoms with Gasteiger partial charge < -0.3 is 15.5 Å². The van der Waals surface area contributed by atoms with Crippen LogP contribution >= 0.6 is 0 Å². The van der Waals surface area contributed by atoms with E-state index in [0.29, 0.717) is 12.6 Å². The van der Waals surface area contributed by atoms with E-state index in [1.165, 1.54) is 0 Å². The molecule has 1 saturated heterocycles. The number of hydrogen-bond acceptors (Lipinski definition) is 3. The van der Waals surface area contributed by atoms with Crippen molar-refractivity contribution in [2.24, 2.45) is 11.1 Å². The summed E-state index contributed by atoms with van der Waals surface area (Å²) < 4.78 is 0. The van der Waals surface area contributed by atoms with Crippen molar-refractivity contribution in [3.8, 4) is 0 Å². The lowest BCUT2D eigenvalue weighted by Gasteiger charge is -2.37. The van der Waals surface area contributed by atoms with Crippen LogP contribution in [0.2, 0.25) is 0 Å². The van der Waals surface area contributed by atoms with Gasteiger partial charge in [0, 0.05) is 25.7 Å². The van der Waals surface area contributed by atoms with Crippen molar-refractivity contribution in [1.82, 2.24) is 9.80 Å². The van der Waals surface area contributed by atoms with E-state index in [-0.39, 0.29) is 11.3 Å². The van der Waals surface area contributed by atoms with E-state index in [9.17, 15) is 4.79 Å². The van der Waals surface area contributed by atoms with Gasteiger partial charge in [0.15, 0.2) is 0 Å². The Hall–Kier alpha value is -0.610. The Balaban J connectivity index is 2.81. The van der Waals surface area contributed by atoms with Gasteiger partial charge in [-0.25, -0.2) is 0 Å². The molecule has 4 nitrogen and oxygen atoms in total. The molecule has 0 bridgehead atoms. The lowest BCUT2D eigenvalue weighted by Crippen LogP contribution is -2.51. The number of carbonyl (C=O) groups is 1. The molecule has 1 amide bonds. The van der Waals surface area contributed by atoms with Crippen molar-refractivity contribution < 1.29 is 4.79 Å². The summed E-state index contributed by atoms with van der Waals surface area (Å²) in [7, 11) is 4.13. The second kappa shape index (κ2) is 6.53. The molecule has 18 heavy (non-hydrogen) atoms. The highest BCUT2D eigenvalue weighted by Crippen LogP contribution is 2.31. The molecular weight excluding hydrogens is 226 g/mol. The maximum atomic E-state index is 12.8.